The van der Waals surface area contributed by atoms with Gasteiger partial charge in [-0.25, -0.2) is 0 Å². The summed E-state index contributed by atoms with van der Waals surface area (Å²) in [5.41, 5.74) is 4.30. The number of nitrogens with one attached hydrogen (secondary N) is 1. The van der Waals surface area contributed by atoms with Gasteiger partial charge in [-0.3, -0.25) is 4.68 Å². The summed E-state index contributed by atoms with van der Waals surface area (Å²) in [6.45, 7) is 2.23. The molecule has 1 saturated carbocycles. The second kappa shape index (κ2) is 7.59. The molecule has 0 amide bonds. The van der Waals surface area contributed by atoms with E-state index in [1.54, 1.807) is 6.07 Å². The minimum Gasteiger partial charge on any atom is -0.316 e. The molecule has 0 radical (unpaired) electrons. The van der Waals surface area contributed by atoms with Crippen LogP contribution in [0.3, 0.4) is 0 Å². The smallest absolute Gasteiger partial charge is 0.100 e. The van der Waals surface area contributed by atoms with Crippen LogP contribution >= 0.6 is 23.2 Å². The highest BCUT2D eigenvalue weighted by Crippen LogP contribution is 2.35. The number of hydrogen-bond donors (Lipinski definition) is 1. The van der Waals surface area contributed by atoms with Gasteiger partial charge in [0.1, 0.15) is 5.52 Å². The van der Waals surface area contributed by atoms with Crippen LogP contribution < -0.4 is 5.32 Å². The van der Waals surface area contributed by atoms with Crippen LogP contribution in [0.25, 0.3) is 22.0 Å². The molecule has 0 spiro atoms. The van der Waals surface area contributed by atoms with Crippen LogP contribution in [0.4, 0.5) is 0 Å². The van der Waals surface area contributed by atoms with Crippen LogP contribution in [0.2, 0.25) is 10.0 Å². The molecule has 1 aliphatic rings. The summed E-state index contributed by atoms with van der Waals surface area (Å²) >= 11 is 12.5. The maximum atomic E-state index is 6.43. The summed E-state index contributed by atoms with van der Waals surface area (Å²) < 4.78 is 2.01. The zero-order valence-electron chi connectivity index (χ0n) is 14.9. The normalized spacial score (nSPS) is 14.3. The van der Waals surface area contributed by atoms with Gasteiger partial charge in [0.2, 0.25) is 0 Å². The van der Waals surface area contributed by atoms with Gasteiger partial charge in [-0.15, -0.1) is 0 Å². The summed E-state index contributed by atoms with van der Waals surface area (Å²) in [6.07, 6.45) is 4.93. The number of aryl methyl sites for hydroxylation is 2. The molecule has 26 heavy (non-hydrogen) atoms. The SMILES string of the molecule is Cn1nc2c(-c3ccc(Cl)cc3Cl)cccc2c1CCCNCC1CC1. The summed E-state index contributed by atoms with van der Waals surface area (Å²) in [5, 5.41) is 10.9. The quantitative estimate of drug-likeness (QED) is 0.543. The van der Waals surface area contributed by atoms with Crippen molar-refractivity contribution in [1.29, 1.82) is 0 Å². The zero-order valence-corrected chi connectivity index (χ0v) is 16.4. The number of aromatic nitrogens is 2. The minimum absolute atomic E-state index is 0.645. The van der Waals surface area contributed by atoms with E-state index in [2.05, 4.69) is 23.5 Å². The van der Waals surface area contributed by atoms with Crippen molar-refractivity contribution >= 4 is 34.1 Å². The number of halogens is 2. The van der Waals surface area contributed by atoms with Crippen molar-refractivity contribution in [1.82, 2.24) is 15.1 Å². The molecule has 0 saturated heterocycles. The molecule has 1 aromatic heterocycles. The van der Waals surface area contributed by atoms with Crippen molar-refractivity contribution < 1.29 is 0 Å². The third-order valence-corrected chi connectivity index (χ3v) is 5.65. The highest BCUT2D eigenvalue weighted by Gasteiger charge is 2.20. The first-order chi connectivity index (χ1) is 12.6. The fourth-order valence-corrected chi connectivity index (χ4v) is 4.01. The molecule has 0 atom stereocenters. The maximum absolute atomic E-state index is 6.43. The Morgan fingerprint density at radius 1 is 1.15 bits per heavy atom. The average molecular weight is 388 g/mol. The summed E-state index contributed by atoms with van der Waals surface area (Å²) in [7, 11) is 2.03. The molecule has 0 aliphatic heterocycles. The molecule has 2 aromatic carbocycles. The Bertz CT molecular complexity index is 928. The number of rotatable bonds is 7. The van der Waals surface area contributed by atoms with Gasteiger partial charge in [-0.2, -0.15) is 5.10 Å². The second-order valence-corrected chi connectivity index (χ2v) is 7.99. The lowest BCUT2D eigenvalue weighted by Crippen LogP contribution is -2.18. The Morgan fingerprint density at radius 2 is 2.00 bits per heavy atom. The molecule has 1 N–H and O–H groups in total. The Kier molecular flexibility index (Phi) is 5.21. The molecule has 3 aromatic rings. The monoisotopic (exact) mass is 387 g/mol. The van der Waals surface area contributed by atoms with Crippen molar-refractivity contribution in [2.45, 2.75) is 25.7 Å². The molecular weight excluding hydrogens is 365 g/mol. The van der Waals surface area contributed by atoms with Crippen LogP contribution in [0.5, 0.6) is 0 Å². The largest absolute Gasteiger partial charge is 0.316 e. The minimum atomic E-state index is 0.645. The third kappa shape index (κ3) is 3.75. The van der Waals surface area contributed by atoms with Crippen LogP contribution in [0, 0.1) is 5.92 Å². The van der Waals surface area contributed by atoms with Crippen LogP contribution in [0.15, 0.2) is 36.4 Å². The van der Waals surface area contributed by atoms with Gasteiger partial charge in [0.15, 0.2) is 0 Å². The van der Waals surface area contributed by atoms with E-state index >= 15 is 0 Å². The van der Waals surface area contributed by atoms with E-state index in [9.17, 15) is 0 Å². The van der Waals surface area contributed by atoms with E-state index < -0.39 is 0 Å². The first kappa shape index (κ1) is 17.8. The average Bonchev–Trinajstić information content (AvgIpc) is 3.38. The van der Waals surface area contributed by atoms with Crippen LogP contribution in [-0.2, 0) is 13.5 Å². The standard InChI is InChI=1S/C21H23Cl2N3/c1-26-20(6-3-11-24-13-14-7-8-14)18-5-2-4-17(21(18)25-26)16-10-9-15(22)12-19(16)23/h2,4-5,9-10,12,14,24H,3,6-8,11,13H2,1H3. The number of hydrogen-bond acceptors (Lipinski definition) is 2. The van der Waals surface area contributed by atoms with E-state index in [0.29, 0.717) is 10.0 Å². The molecular formula is C21H23Cl2N3. The Morgan fingerprint density at radius 3 is 2.77 bits per heavy atom. The van der Waals surface area contributed by atoms with Gasteiger partial charge in [-0.05, 0) is 56.8 Å². The van der Waals surface area contributed by atoms with Crippen molar-refractivity contribution in [2.75, 3.05) is 13.1 Å². The maximum Gasteiger partial charge on any atom is 0.100 e. The molecule has 1 aliphatic carbocycles. The Labute approximate surface area is 164 Å². The molecule has 5 heteroatoms. The van der Waals surface area contributed by atoms with E-state index in [0.717, 1.165) is 41.9 Å². The van der Waals surface area contributed by atoms with Crippen molar-refractivity contribution in [3.05, 3.63) is 52.1 Å². The highest BCUT2D eigenvalue weighted by molar-refractivity contribution is 6.36. The second-order valence-electron chi connectivity index (χ2n) is 7.15. The van der Waals surface area contributed by atoms with E-state index in [4.69, 9.17) is 28.3 Å². The molecule has 3 nitrogen and oxygen atoms in total. The van der Waals surface area contributed by atoms with Gasteiger partial charge in [0.25, 0.3) is 0 Å². The van der Waals surface area contributed by atoms with Crippen LogP contribution in [0.1, 0.15) is 25.0 Å². The topological polar surface area (TPSA) is 29.9 Å². The highest BCUT2D eigenvalue weighted by atomic mass is 35.5. The zero-order chi connectivity index (χ0) is 18.1. The fourth-order valence-electron chi connectivity index (χ4n) is 3.50. The van der Waals surface area contributed by atoms with Crippen molar-refractivity contribution in [3.8, 4) is 11.1 Å². The molecule has 1 heterocycles. The predicted octanol–water partition coefficient (Wildman–Crippen LogP) is 5.48. The molecule has 1 fully saturated rings. The summed E-state index contributed by atoms with van der Waals surface area (Å²) in [4.78, 5) is 0. The molecule has 136 valence electrons. The Balaban J connectivity index is 1.58. The summed E-state index contributed by atoms with van der Waals surface area (Å²) in [5.74, 6) is 0.930. The number of benzene rings is 2. The fraction of sp³-hybridized carbons (Fsp3) is 0.381. The van der Waals surface area contributed by atoms with Gasteiger partial charge in [0, 0.05) is 39.3 Å². The molecule has 0 bridgehead atoms. The van der Waals surface area contributed by atoms with E-state index in [-0.39, 0.29) is 0 Å². The lowest BCUT2D eigenvalue weighted by Gasteiger charge is -2.07. The first-order valence-electron chi connectivity index (χ1n) is 9.24. The van der Waals surface area contributed by atoms with E-state index in [1.807, 2.05) is 23.9 Å². The lowest BCUT2D eigenvalue weighted by molar-refractivity contribution is 0.600. The number of fused-ring (bicyclic) bond motifs is 1. The van der Waals surface area contributed by atoms with E-state index in [1.165, 1.54) is 30.5 Å². The third-order valence-electron chi connectivity index (χ3n) is 5.11. The van der Waals surface area contributed by atoms with Crippen LogP contribution in [-0.4, -0.2) is 22.9 Å². The Hall–Kier alpha value is -1.55. The predicted molar refractivity (Wildman–Crippen MR) is 110 cm³/mol. The van der Waals surface area contributed by atoms with Crippen molar-refractivity contribution in [2.24, 2.45) is 13.0 Å². The molecule has 0 unspecified atom stereocenters. The van der Waals surface area contributed by atoms with Gasteiger partial charge in [-0.1, -0.05) is 47.5 Å². The lowest BCUT2D eigenvalue weighted by atomic mass is 10.0. The number of nitrogens with zero attached hydrogens (tertiary/aromatic N) is 2. The van der Waals surface area contributed by atoms with Gasteiger partial charge in [0.05, 0.1) is 0 Å². The molecule has 4 rings (SSSR count). The first-order valence-corrected chi connectivity index (χ1v) is 10.00. The van der Waals surface area contributed by atoms with Crippen molar-refractivity contribution in [3.63, 3.8) is 0 Å². The van der Waals surface area contributed by atoms with Gasteiger partial charge >= 0.3 is 0 Å². The summed E-state index contributed by atoms with van der Waals surface area (Å²) in [6, 6.07) is 11.9. The van der Waals surface area contributed by atoms with Gasteiger partial charge < -0.3 is 5.32 Å².